The molecule has 0 radical (unpaired) electrons. The van der Waals surface area contributed by atoms with Crippen LogP contribution in [0.1, 0.15) is 17.3 Å². The fourth-order valence-corrected chi connectivity index (χ4v) is 2.36. The number of hydrogen-bond donors (Lipinski definition) is 4. The molecule has 0 bridgehead atoms. The third-order valence-corrected chi connectivity index (χ3v) is 3.78. The number of aliphatic hydroxyl groups is 1. The van der Waals surface area contributed by atoms with Crippen LogP contribution in [0.5, 0.6) is 23.0 Å². The molecule has 0 fully saturated rings. The number of rotatable bonds is 9. The average Bonchev–Trinajstić information content (AvgIpc) is 2.72. The molecule has 0 spiro atoms. The highest BCUT2D eigenvalue weighted by Gasteiger charge is 2.17. The summed E-state index contributed by atoms with van der Waals surface area (Å²) in [5.74, 6) is -0.153. The number of nitrogens with one attached hydrogen (secondary N) is 2. The molecule has 30 heavy (non-hydrogen) atoms. The van der Waals surface area contributed by atoms with Gasteiger partial charge in [0, 0.05) is 31.5 Å². The zero-order valence-electron chi connectivity index (χ0n) is 16.9. The Morgan fingerprint density at radius 2 is 1.97 bits per heavy atom. The summed E-state index contributed by atoms with van der Waals surface area (Å²) in [7, 11) is 3.06. The number of carbonyl (C=O) groups excluding carboxylic acids is 1. The Morgan fingerprint density at radius 1 is 1.23 bits per heavy atom. The maximum atomic E-state index is 14.0. The van der Waals surface area contributed by atoms with Gasteiger partial charge in [0.05, 0.1) is 19.3 Å². The molecule has 5 N–H and O–H groups in total. The minimum Gasteiger partial charge on any atom is -0.494 e. The lowest BCUT2D eigenvalue weighted by atomic mass is 10.1. The molecule has 0 aliphatic heterocycles. The Labute approximate surface area is 173 Å². The summed E-state index contributed by atoms with van der Waals surface area (Å²) >= 11 is 0. The number of amidine groups is 1. The van der Waals surface area contributed by atoms with Crippen molar-refractivity contribution < 1.29 is 33.9 Å². The molecule has 0 aliphatic rings. The number of halogens is 1. The Bertz CT molecular complexity index is 933. The van der Waals surface area contributed by atoms with Crippen LogP contribution in [0.15, 0.2) is 48.7 Å². The van der Waals surface area contributed by atoms with Crippen molar-refractivity contribution in [3.05, 3.63) is 60.1 Å². The molecule has 9 heteroatoms. The topological polar surface area (TPSA) is 115 Å². The maximum absolute atomic E-state index is 14.0. The van der Waals surface area contributed by atoms with Gasteiger partial charge in [-0.15, -0.1) is 0 Å². The van der Waals surface area contributed by atoms with Crippen molar-refractivity contribution in [2.24, 2.45) is 0 Å². The van der Waals surface area contributed by atoms with Gasteiger partial charge in [-0.05, 0) is 31.2 Å². The van der Waals surface area contributed by atoms with E-state index in [2.05, 4.69) is 10.6 Å². The minimum absolute atomic E-state index is 0.0805. The smallest absolute Gasteiger partial charge is 0.339 e. The van der Waals surface area contributed by atoms with Crippen molar-refractivity contribution in [2.45, 2.75) is 13.0 Å². The van der Waals surface area contributed by atoms with Crippen molar-refractivity contribution >= 4 is 11.7 Å². The summed E-state index contributed by atoms with van der Waals surface area (Å²) in [6, 6.07) is 8.59. The van der Waals surface area contributed by atoms with Crippen LogP contribution < -0.4 is 30.3 Å². The fraction of sp³-hybridized carbons (Fsp3) is 0.238. The van der Waals surface area contributed by atoms with Gasteiger partial charge in [0.2, 0.25) is 0 Å². The van der Waals surface area contributed by atoms with E-state index in [4.69, 9.17) is 19.6 Å². The zero-order chi connectivity index (χ0) is 22.1. The van der Waals surface area contributed by atoms with Crippen molar-refractivity contribution in [3.8, 4) is 23.0 Å². The van der Waals surface area contributed by atoms with Crippen LogP contribution in [-0.4, -0.2) is 43.7 Å². The molecule has 8 nitrogen and oxygen atoms in total. The Morgan fingerprint density at radius 3 is 2.60 bits per heavy atom. The van der Waals surface area contributed by atoms with Gasteiger partial charge in [-0.1, -0.05) is 0 Å². The summed E-state index contributed by atoms with van der Waals surface area (Å²) in [4.78, 5) is 12.6. The SMILES string of the molecule is CN/C=C\C(=[NH2+])NC(=O)c1cc(Oc2ccc(OC)c(F)c2)cc(O[C@@H](C)CO)c1. The molecular formula is C21H25FN3O5+. The lowest BCUT2D eigenvalue weighted by Crippen LogP contribution is -2.49. The first kappa shape index (κ1) is 22.7. The van der Waals surface area contributed by atoms with E-state index >= 15 is 0 Å². The third-order valence-electron chi connectivity index (χ3n) is 3.78. The van der Waals surface area contributed by atoms with E-state index in [9.17, 15) is 14.3 Å². The summed E-state index contributed by atoms with van der Waals surface area (Å²) in [5.41, 5.74) is 0.197. The van der Waals surface area contributed by atoms with Gasteiger partial charge >= 0.3 is 5.91 Å². The van der Waals surface area contributed by atoms with Crippen molar-refractivity contribution in [2.75, 3.05) is 20.8 Å². The number of aliphatic hydroxyl groups excluding tert-OH is 1. The van der Waals surface area contributed by atoms with Crippen LogP contribution in [0.3, 0.4) is 0 Å². The second-order valence-electron chi connectivity index (χ2n) is 6.23. The van der Waals surface area contributed by atoms with E-state index < -0.39 is 17.8 Å². The molecule has 2 aromatic rings. The Kier molecular flexibility index (Phi) is 8.18. The summed E-state index contributed by atoms with van der Waals surface area (Å²) < 4.78 is 30.1. The molecule has 2 aromatic carbocycles. The van der Waals surface area contributed by atoms with Gasteiger partial charge < -0.3 is 24.6 Å². The van der Waals surface area contributed by atoms with Crippen LogP contribution in [-0.2, 0) is 0 Å². The van der Waals surface area contributed by atoms with Crippen molar-refractivity contribution in [1.29, 1.82) is 0 Å². The third kappa shape index (κ3) is 6.49. The van der Waals surface area contributed by atoms with E-state index in [0.717, 1.165) is 6.07 Å². The van der Waals surface area contributed by atoms with Crippen LogP contribution in [0.2, 0.25) is 0 Å². The fourth-order valence-electron chi connectivity index (χ4n) is 2.36. The summed E-state index contributed by atoms with van der Waals surface area (Å²) in [6.45, 7) is 1.45. The van der Waals surface area contributed by atoms with Crippen molar-refractivity contribution in [3.63, 3.8) is 0 Å². The van der Waals surface area contributed by atoms with Gasteiger partial charge in [0.25, 0.3) is 5.84 Å². The van der Waals surface area contributed by atoms with E-state index in [1.807, 2.05) is 0 Å². The highest BCUT2D eigenvalue weighted by atomic mass is 19.1. The molecule has 1 atom stereocenters. The first-order valence-electron chi connectivity index (χ1n) is 9.07. The lowest BCUT2D eigenvalue weighted by Gasteiger charge is -2.15. The molecule has 1 amide bonds. The van der Waals surface area contributed by atoms with Crippen LogP contribution in [0.4, 0.5) is 4.39 Å². The van der Waals surface area contributed by atoms with E-state index in [0.29, 0.717) is 0 Å². The molecule has 0 saturated carbocycles. The maximum Gasteiger partial charge on any atom is 0.339 e. The van der Waals surface area contributed by atoms with Gasteiger partial charge in [0.1, 0.15) is 23.4 Å². The first-order chi connectivity index (χ1) is 14.4. The largest absolute Gasteiger partial charge is 0.494 e. The van der Waals surface area contributed by atoms with E-state index in [1.54, 1.807) is 20.2 Å². The Balaban J connectivity index is 2.32. The second-order valence-corrected chi connectivity index (χ2v) is 6.23. The second kappa shape index (κ2) is 10.8. The Hall–Kier alpha value is -3.59. The quantitative estimate of drug-likeness (QED) is 0.357. The number of methoxy groups -OCH3 is 1. The molecular weight excluding hydrogens is 393 g/mol. The van der Waals surface area contributed by atoms with Crippen LogP contribution in [0.25, 0.3) is 0 Å². The number of hydrogen-bond acceptors (Lipinski definition) is 6. The average molecular weight is 418 g/mol. The number of benzene rings is 2. The predicted molar refractivity (Wildman–Crippen MR) is 109 cm³/mol. The van der Waals surface area contributed by atoms with Crippen LogP contribution >= 0.6 is 0 Å². The van der Waals surface area contributed by atoms with Crippen molar-refractivity contribution in [1.82, 2.24) is 10.6 Å². The number of amides is 1. The monoisotopic (exact) mass is 418 g/mol. The van der Waals surface area contributed by atoms with Crippen LogP contribution in [0, 0.1) is 5.82 Å². The van der Waals surface area contributed by atoms with Gasteiger partial charge in [-0.25, -0.2) is 14.5 Å². The highest BCUT2D eigenvalue weighted by Crippen LogP contribution is 2.30. The predicted octanol–water partition coefficient (Wildman–Crippen LogP) is 1.01. The first-order valence-corrected chi connectivity index (χ1v) is 9.07. The van der Waals surface area contributed by atoms with Gasteiger partial charge in [-0.3, -0.25) is 5.41 Å². The molecule has 0 heterocycles. The minimum atomic E-state index is -0.590. The molecule has 0 aliphatic carbocycles. The van der Waals surface area contributed by atoms with E-state index in [-0.39, 0.29) is 41.0 Å². The van der Waals surface area contributed by atoms with Gasteiger partial charge in [0.15, 0.2) is 11.6 Å². The molecule has 0 unspecified atom stereocenters. The van der Waals surface area contributed by atoms with Gasteiger partial charge in [-0.2, -0.15) is 0 Å². The molecule has 0 saturated heterocycles. The normalized spacial score (nSPS) is 11.6. The molecule has 0 aromatic heterocycles. The summed E-state index contributed by atoms with van der Waals surface area (Å²) in [5, 5.41) is 20.3. The number of nitrogens with two attached hydrogens (primary N) is 1. The van der Waals surface area contributed by atoms with E-state index in [1.165, 1.54) is 43.5 Å². The summed E-state index contributed by atoms with van der Waals surface area (Å²) in [6.07, 6.45) is 2.54. The highest BCUT2D eigenvalue weighted by molar-refractivity contribution is 6.08. The number of ether oxygens (including phenoxy) is 3. The zero-order valence-corrected chi connectivity index (χ0v) is 16.9. The lowest BCUT2D eigenvalue weighted by molar-refractivity contribution is -0.115. The molecule has 160 valence electrons. The number of carbonyl (C=O) groups is 1. The molecule has 2 rings (SSSR count). The standard InChI is InChI=1S/C21H24FN3O5/c1-13(12-26)29-16-8-14(21(27)25-20(23)6-7-24-2)9-17(10-16)30-15-4-5-19(28-3)18(22)11-15/h4-11,13,24,26H,12H2,1-3H3,(H2,23,25,27)/p+1/b7-6-/t13-/m0/s1.